The summed E-state index contributed by atoms with van der Waals surface area (Å²) in [7, 11) is 0. The fraction of sp³-hybridized carbons (Fsp3) is 0.308. The number of benzene rings is 1. The van der Waals surface area contributed by atoms with E-state index < -0.39 is 0 Å². The highest BCUT2D eigenvalue weighted by atomic mass is 14.9. The van der Waals surface area contributed by atoms with Gasteiger partial charge in [-0.1, -0.05) is 18.2 Å². The maximum atomic E-state index is 4.05. The molecule has 0 amide bonds. The molecular formula is C13H15N3. The third kappa shape index (κ3) is 1.81. The summed E-state index contributed by atoms with van der Waals surface area (Å²) in [6.45, 7) is 0. The molecule has 1 aliphatic rings. The highest BCUT2D eigenvalue weighted by Gasteiger charge is 2.17. The second-order valence-corrected chi connectivity index (χ2v) is 4.32. The molecule has 1 aliphatic heterocycles. The van der Waals surface area contributed by atoms with Gasteiger partial charge in [0.2, 0.25) is 0 Å². The molecule has 0 bridgehead atoms. The fourth-order valence-corrected chi connectivity index (χ4v) is 2.32. The Kier molecular flexibility index (Phi) is 2.37. The lowest BCUT2D eigenvalue weighted by atomic mass is 9.96. The van der Waals surface area contributed by atoms with Gasteiger partial charge in [-0.25, -0.2) is 4.98 Å². The van der Waals surface area contributed by atoms with E-state index in [2.05, 4.69) is 39.6 Å². The van der Waals surface area contributed by atoms with E-state index >= 15 is 0 Å². The summed E-state index contributed by atoms with van der Waals surface area (Å²) in [5.74, 6) is 0. The molecule has 1 unspecified atom stereocenters. The Bertz CT molecular complexity index is 462. The fourth-order valence-electron chi connectivity index (χ4n) is 2.32. The number of aryl methyl sites for hydroxylation is 1. The first-order chi connectivity index (χ1) is 7.92. The van der Waals surface area contributed by atoms with Crippen LogP contribution in [0.25, 0.3) is 0 Å². The van der Waals surface area contributed by atoms with Crippen LogP contribution in [0, 0.1) is 0 Å². The van der Waals surface area contributed by atoms with Gasteiger partial charge in [0, 0.05) is 30.0 Å². The predicted molar refractivity (Wildman–Crippen MR) is 64.5 cm³/mol. The van der Waals surface area contributed by atoms with E-state index in [9.17, 15) is 0 Å². The molecule has 2 N–H and O–H groups in total. The van der Waals surface area contributed by atoms with Crippen molar-refractivity contribution >= 4 is 5.69 Å². The highest BCUT2D eigenvalue weighted by Crippen LogP contribution is 2.25. The van der Waals surface area contributed by atoms with Crippen LogP contribution in [0.3, 0.4) is 0 Å². The van der Waals surface area contributed by atoms with Gasteiger partial charge in [0.15, 0.2) is 0 Å². The van der Waals surface area contributed by atoms with E-state index in [0.717, 1.165) is 6.42 Å². The third-order valence-electron chi connectivity index (χ3n) is 3.16. The standard InChI is InChI=1S/C13H15N3/c1-2-4-13-10(3-1)5-6-11(16-13)7-12-8-14-9-15-12/h1-4,8-9,11,16H,5-7H2,(H,14,15). The van der Waals surface area contributed by atoms with E-state index in [4.69, 9.17) is 0 Å². The molecule has 2 aromatic rings. The zero-order valence-corrected chi connectivity index (χ0v) is 9.11. The first-order valence-electron chi connectivity index (χ1n) is 5.73. The van der Waals surface area contributed by atoms with Crippen molar-refractivity contribution in [3.63, 3.8) is 0 Å². The monoisotopic (exact) mass is 213 g/mol. The molecule has 0 fully saturated rings. The second-order valence-electron chi connectivity index (χ2n) is 4.32. The maximum absolute atomic E-state index is 4.05. The molecule has 3 heteroatoms. The van der Waals surface area contributed by atoms with Crippen LogP contribution < -0.4 is 5.32 Å². The van der Waals surface area contributed by atoms with Crippen molar-refractivity contribution in [3.8, 4) is 0 Å². The summed E-state index contributed by atoms with van der Waals surface area (Å²) in [6.07, 6.45) is 7.03. The Balaban J connectivity index is 1.73. The molecule has 1 aromatic heterocycles. The van der Waals surface area contributed by atoms with Gasteiger partial charge in [-0.15, -0.1) is 0 Å². The Labute approximate surface area is 94.9 Å². The number of aromatic nitrogens is 2. The van der Waals surface area contributed by atoms with E-state index in [1.54, 1.807) is 6.33 Å². The van der Waals surface area contributed by atoms with E-state index in [-0.39, 0.29) is 0 Å². The molecule has 0 saturated carbocycles. The van der Waals surface area contributed by atoms with Crippen LogP contribution in [0.2, 0.25) is 0 Å². The van der Waals surface area contributed by atoms with Gasteiger partial charge in [-0.3, -0.25) is 0 Å². The van der Waals surface area contributed by atoms with Crippen molar-refractivity contribution in [2.45, 2.75) is 25.3 Å². The Morgan fingerprint density at radius 2 is 2.25 bits per heavy atom. The van der Waals surface area contributed by atoms with E-state index in [1.165, 1.54) is 29.8 Å². The van der Waals surface area contributed by atoms with Crippen LogP contribution in [0.5, 0.6) is 0 Å². The zero-order valence-electron chi connectivity index (χ0n) is 9.11. The molecule has 2 heterocycles. The van der Waals surface area contributed by atoms with E-state index in [0.29, 0.717) is 6.04 Å². The number of nitrogens with zero attached hydrogens (tertiary/aromatic N) is 1. The summed E-state index contributed by atoms with van der Waals surface area (Å²) in [4.78, 5) is 7.21. The highest BCUT2D eigenvalue weighted by molar-refractivity contribution is 5.53. The van der Waals surface area contributed by atoms with Gasteiger partial charge in [-0.2, -0.15) is 0 Å². The number of imidazole rings is 1. The Hall–Kier alpha value is -1.77. The molecule has 82 valence electrons. The van der Waals surface area contributed by atoms with Crippen LogP contribution in [0.1, 0.15) is 17.7 Å². The molecule has 3 rings (SSSR count). The molecule has 0 saturated heterocycles. The van der Waals surface area contributed by atoms with Crippen LogP contribution in [0.4, 0.5) is 5.69 Å². The lowest BCUT2D eigenvalue weighted by molar-refractivity contribution is 0.622. The minimum Gasteiger partial charge on any atom is -0.382 e. The number of H-pyrrole nitrogens is 1. The van der Waals surface area contributed by atoms with Crippen LogP contribution in [-0.2, 0) is 12.8 Å². The van der Waals surface area contributed by atoms with Gasteiger partial charge >= 0.3 is 0 Å². The molecule has 1 atom stereocenters. The molecule has 16 heavy (non-hydrogen) atoms. The minimum atomic E-state index is 0.523. The molecule has 0 spiro atoms. The molecule has 0 radical (unpaired) electrons. The summed E-state index contributed by atoms with van der Waals surface area (Å²) in [5.41, 5.74) is 3.93. The first kappa shape index (κ1) is 9.46. The van der Waals surface area contributed by atoms with Crippen LogP contribution in [-0.4, -0.2) is 16.0 Å². The number of hydrogen-bond donors (Lipinski definition) is 2. The number of para-hydroxylation sites is 1. The summed E-state index contributed by atoms with van der Waals surface area (Å²) in [5, 5.41) is 3.59. The average molecular weight is 213 g/mol. The number of rotatable bonds is 2. The number of aromatic amines is 1. The molecule has 1 aromatic carbocycles. The number of nitrogens with one attached hydrogen (secondary N) is 2. The van der Waals surface area contributed by atoms with Gasteiger partial charge in [0.25, 0.3) is 0 Å². The topological polar surface area (TPSA) is 40.7 Å². The lowest BCUT2D eigenvalue weighted by Crippen LogP contribution is -2.27. The van der Waals surface area contributed by atoms with Gasteiger partial charge in [0.05, 0.1) is 6.33 Å². The van der Waals surface area contributed by atoms with Crippen molar-refractivity contribution in [2.24, 2.45) is 0 Å². The van der Waals surface area contributed by atoms with E-state index in [1.807, 2.05) is 6.20 Å². The maximum Gasteiger partial charge on any atom is 0.0921 e. The Morgan fingerprint density at radius 3 is 3.12 bits per heavy atom. The number of hydrogen-bond acceptors (Lipinski definition) is 2. The van der Waals surface area contributed by atoms with Crippen molar-refractivity contribution in [1.82, 2.24) is 9.97 Å². The van der Waals surface area contributed by atoms with Gasteiger partial charge < -0.3 is 10.3 Å². The SMILES string of the molecule is c1ccc2c(c1)CCC(Cc1cnc[nH]1)N2. The van der Waals surface area contributed by atoms with Crippen LogP contribution in [0.15, 0.2) is 36.8 Å². The van der Waals surface area contributed by atoms with Gasteiger partial charge in [0.1, 0.15) is 0 Å². The average Bonchev–Trinajstić information content (AvgIpc) is 2.82. The van der Waals surface area contributed by atoms with Gasteiger partial charge in [-0.05, 0) is 24.5 Å². The summed E-state index contributed by atoms with van der Waals surface area (Å²) in [6, 6.07) is 9.08. The third-order valence-corrected chi connectivity index (χ3v) is 3.16. The molecule has 3 nitrogen and oxygen atoms in total. The minimum absolute atomic E-state index is 0.523. The quantitative estimate of drug-likeness (QED) is 0.804. The number of fused-ring (bicyclic) bond motifs is 1. The molecular weight excluding hydrogens is 198 g/mol. The van der Waals surface area contributed by atoms with Crippen molar-refractivity contribution < 1.29 is 0 Å². The predicted octanol–water partition coefficient (Wildman–Crippen LogP) is 2.38. The van der Waals surface area contributed by atoms with Crippen molar-refractivity contribution in [2.75, 3.05) is 5.32 Å². The summed E-state index contributed by atoms with van der Waals surface area (Å²) < 4.78 is 0. The lowest BCUT2D eigenvalue weighted by Gasteiger charge is -2.26. The van der Waals surface area contributed by atoms with Crippen molar-refractivity contribution in [3.05, 3.63) is 48.0 Å². The van der Waals surface area contributed by atoms with Crippen molar-refractivity contribution in [1.29, 1.82) is 0 Å². The zero-order chi connectivity index (χ0) is 10.8. The van der Waals surface area contributed by atoms with Crippen LogP contribution >= 0.6 is 0 Å². The molecule has 0 aliphatic carbocycles. The Morgan fingerprint density at radius 1 is 1.31 bits per heavy atom. The normalized spacial score (nSPS) is 18.9. The first-order valence-corrected chi connectivity index (χ1v) is 5.73. The largest absolute Gasteiger partial charge is 0.382 e. The smallest absolute Gasteiger partial charge is 0.0921 e. The summed E-state index contributed by atoms with van der Waals surface area (Å²) >= 11 is 0. The number of anilines is 1. The second kappa shape index (κ2) is 4.00.